The number of nitrogens with zero attached hydrogens (tertiary/aromatic N) is 2. The third-order valence-electron chi connectivity index (χ3n) is 2.88. The van der Waals surface area contributed by atoms with Gasteiger partial charge >= 0.3 is 12.2 Å². The number of nitrogens with one attached hydrogen (secondary N) is 2. The highest BCUT2D eigenvalue weighted by atomic mass is 16.6. The Kier molecular flexibility index (Phi) is 4.06. The zero-order chi connectivity index (χ0) is 15.6. The van der Waals surface area contributed by atoms with Crippen LogP contribution in [0.15, 0.2) is 17.1 Å². The van der Waals surface area contributed by atoms with Crippen molar-refractivity contribution >= 4 is 18.1 Å². The van der Waals surface area contributed by atoms with Crippen LogP contribution in [0.2, 0.25) is 0 Å². The Hall–Kier alpha value is -2.25. The van der Waals surface area contributed by atoms with Gasteiger partial charge in [-0.1, -0.05) is 12.2 Å². The van der Waals surface area contributed by atoms with E-state index in [0.717, 1.165) is 0 Å². The van der Waals surface area contributed by atoms with Crippen LogP contribution in [0.5, 0.6) is 0 Å². The summed E-state index contributed by atoms with van der Waals surface area (Å²) < 4.78 is 9.88. The smallest absolute Gasteiger partial charge is 0.414 e. The van der Waals surface area contributed by atoms with E-state index in [0.29, 0.717) is 6.54 Å². The normalized spacial score (nSPS) is 23.8. The van der Waals surface area contributed by atoms with Crippen LogP contribution < -0.4 is 10.6 Å². The molecule has 0 unspecified atom stereocenters. The number of ether oxygens (including phenoxy) is 2. The highest BCUT2D eigenvalue weighted by molar-refractivity contribution is 5.95. The standard InChI is InChI=1S/C13H20N4O4/c1-13(2,3)21-11(18)16-10-14-8-6-5-7-17(9(8)15-10)12(19)20-4/h5-6,8-9H,7H2,1-4H3,(H2,14,15,16,18)/t8-,9+/m1/s1. The molecule has 8 heteroatoms. The second-order valence-electron chi connectivity index (χ2n) is 5.74. The fourth-order valence-corrected chi connectivity index (χ4v) is 2.09. The van der Waals surface area contributed by atoms with E-state index in [1.807, 2.05) is 12.2 Å². The first-order valence-electron chi connectivity index (χ1n) is 6.66. The molecular formula is C13H20N4O4. The van der Waals surface area contributed by atoms with Crippen molar-refractivity contribution in [3.63, 3.8) is 0 Å². The first-order chi connectivity index (χ1) is 9.80. The van der Waals surface area contributed by atoms with Crippen LogP contribution in [0, 0.1) is 0 Å². The van der Waals surface area contributed by atoms with E-state index >= 15 is 0 Å². The van der Waals surface area contributed by atoms with Gasteiger partial charge in [0.05, 0.1) is 13.2 Å². The molecule has 2 heterocycles. The number of amides is 2. The minimum Gasteiger partial charge on any atom is -0.453 e. The minimum absolute atomic E-state index is 0.192. The molecule has 2 N–H and O–H groups in total. The lowest BCUT2D eigenvalue weighted by atomic mass is 10.1. The van der Waals surface area contributed by atoms with Gasteiger partial charge in [-0.3, -0.25) is 10.2 Å². The van der Waals surface area contributed by atoms with Crippen molar-refractivity contribution in [1.29, 1.82) is 0 Å². The summed E-state index contributed by atoms with van der Waals surface area (Å²) in [5.41, 5.74) is -0.589. The monoisotopic (exact) mass is 296 g/mol. The molecule has 0 aromatic heterocycles. The molecule has 2 rings (SSSR count). The van der Waals surface area contributed by atoms with Crippen LogP contribution in [0.1, 0.15) is 20.8 Å². The molecule has 0 aromatic carbocycles. The van der Waals surface area contributed by atoms with Crippen molar-refractivity contribution in [2.45, 2.75) is 38.6 Å². The molecule has 2 aliphatic rings. The predicted molar refractivity (Wildman–Crippen MR) is 75.8 cm³/mol. The molecule has 0 spiro atoms. The van der Waals surface area contributed by atoms with E-state index in [1.165, 1.54) is 12.0 Å². The first kappa shape index (κ1) is 15.1. The molecule has 0 saturated heterocycles. The topological polar surface area (TPSA) is 92.3 Å². The number of fused-ring (bicyclic) bond motifs is 1. The minimum atomic E-state index is -0.596. The lowest BCUT2D eigenvalue weighted by Crippen LogP contribution is -2.50. The second-order valence-corrected chi connectivity index (χ2v) is 5.74. The third-order valence-corrected chi connectivity index (χ3v) is 2.88. The van der Waals surface area contributed by atoms with Crippen LogP contribution in [0.3, 0.4) is 0 Å². The highest BCUT2D eigenvalue weighted by Crippen LogP contribution is 2.18. The molecule has 0 radical (unpaired) electrons. The maximum Gasteiger partial charge on any atom is 0.414 e. The summed E-state index contributed by atoms with van der Waals surface area (Å²) >= 11 is 0. The molecule has 0 aromatic rings. The van der Waals surface area contributed by atoms with Crippen LogP contribution in [-0.4, -0.2) is 54.5 Å². The van der Waals surface area contributed by atoms with Gasteiger partial charge in [-0.2, -0.15) is 0 Å². The Balaban J connectivity index is 2.03. The summed E-state index contributed by atoms with van der Waals surface area (Å²) in [7, 11) is 1.32. The molecule has 0 saturated carbocycles. The van der Waals surface area contributed by atoms with Crippen LogP contribution in [-0.2, 0) is 9.47 Å². The Bertz CT molecular complexity index is 495. The Morgan fingerprint density at radius 2 is 2.19 bits per heavy atom. The fraction of sp³-hybridized carbons (Fsp3) is 0.615. The molecule has 0 aliphatic carbocycles. The van der Waals surface area contributed by atoms with E-state index in [-0.39, 0.29) is 12.0 Å². The van der Waals surface area contributed by atoms with Crippen LogP contribution >= 0.6 is 0 Å². The fourth-order valence-electron chi connectivity index (χ4n) is 2.09. The zero-order valence-electron chi connectivity index (χ0n) is 12.5. The van der Waals surface area contributed by atoms with Crippen molar-refractivity contribution in [1.82, 2.24) is 15.5 Å². The Morgan fingerprint density at radius 3 is 2.81 bits per heavy atom. The van der Waals surface area contributed by atoms with E-state index in [1.54, 1.807) is 20.8 Å². The SMILES string of the molecule is COC(=O)N1CC=C[C@H]2NC(NC(=O)OC(C)(C)C)=N[C@H]21. The largest absolute Gasteiger partial charge is 0.453 e. The van der Waals surface area contributed by atoms with Crippen LogP contribution in [0.4, 0.5) is 9.59 Å². The van der Waals surface area contributed by atoms with Crippen molar-refractivity contribution in [2.75, 3.05) is 13.7 Å². The number of alkyl carbamates (subject to hydrolysis) is 1. The average Bonchev–Trinajstić information content (AvgIpc) is 2.77. The number of guanidine groups is 1. The van der Waals surface area contributed by atoms with Crippen molar-refractivity contribution in [3.8, 4) is 0 Å². The van der Waals surface area contributed by atoms with Crippen molar-refractivity contribution in [2.24, 2.45) is 4.99 Å². The summed E-state index contributed by atoms with van der Waals surface area (Å²) in [4.78, 5) is 29.2. The van der Waals surface area contributed by atoms with E-state index < -0.39 is 24.0 Å². The van der Waals surface area contributed by atoms with Gasteiger partial charge in [0.15, 0.2) is 6.17 Å². The summed E-state index contributed by atoms with van der Waals surface area (Å²) in [6.07, 6.45) is 2.25. The summed E-state index contributed by atoms with van der Waals surface area (Å²) in [5.74, 6) is 0.278. The summed E-state index contributed by atoms with van der Waals surface area (Å²) in [6, 6.07) is -0.192. The number of rotatable bonds is 0. The molecule has 8 nitrogen and oxygen atoms in total. The lowest BCUT2D eigenvalue weighted by molar-refractivity contribution is 0.0561. The molecule has 116 valence electrons. The number of carbonyl (C=O) groups is 2. The summed E-state index contributed by atoms with van der Waals surface area (Å²) in [5, 5.41) is 5.55. The maximum absolute atomic E-state index is 11.7. The zero-order valence-corrected chi connectivity index (χ0v) is 12.5. The molecular weight excluding hydrogens is 276 g/mol. The van der Waals surface area contributed by atoms with E-state index in [2.05, 4.69) is 15.6 Å². The Morgan fingerprint density at radius 1 is 1.48 bits per heavy atom. The molecule has 21 heavy (non-hydrogen) atoms. The van der Waals surface area contributed by atoms with Gasteiger partial charge in [-0.15, -0.1) is 0 Å². The predicted octanol–water partition coefficient (Wildman–Crippen LogP) is 0.803. The highest BCUT2D eigenvalue weighted by Gasteiger charge is 2.37. The third kappa shape index (κ3) is 3.65. The molecule has 0 fully saturated rings. The number of hydrogen-bond acceptors (Lipinski definition) is 6. The first-order valence-corrected chi connectivity index (χ1v) is 6.66. The van der Waals surface area contributed by atoms with Gasteiger partial charge < -0.3 is 14.8 Å². The maximum atomic E-state index is 11.7. The molecule has 2 atom stereocenters. The number of carbonyl (C=O) groups excluding carboxylic acids is 2. The molecule has 2 aliphatic heterocycles. The quantitative estimate of drug-likeness (QED) is 0.645. The van der Waals surface area contributed by atoms with E-state index in [4.69, 9.17) is 9.47 Å². The van der Waals surface area contributed by atoms with Gasteiger partial charge in [0.1, 0.15) is 5.60 Å². The van der Waals surface area contributed by atoms with Crippen molar-refractivity contribution in [3.05, 3.63) is 12.2 Å². The molecule has 0 bridgehead atoms. The van der Waals surface area contributed by atoms with Crippen molar-refractivity contribution < 1.29 is 19.1 Å². The lowest BCUT2D eigenvalue weighted by Gasteiger charge is -2.30. The Labute approximate surface area is 123 Å². The van der Waals surface area contributed by atoms with Gasteiger partial charge in [0.2, 0.25) is 5.96 Å². The molecule has 2 amide bonds. The number of hydrogen-bond donors (Lipinski definition) is 2. The second kappa shape index (κ2) is 5.63. The van der Waals surface area contributed by atoms with Gasteiger partial charge in [0.25, 0.3) is 0 Å². The van der Waals surface area contributed by atoms with Crippen LogP contribution in [0.25, 0.3) is 0 Å². The van der Waals surface area contributed by atoms with Gasteiger partial charge in [-0.05, 0) is 20.8 Å². The van der Waals surface area contributed by atoms with Gasteiger partial charge in [0, 0.05) is 6.54 Å². The average molecular weight is 296 g/mol. The summed E-state index contributed by atoms with van der Waals surface area (Å²) in [6.45, 7) is 5.74. The number of methoxy groups -OCH3 is 1. The van der Waals surface area contributed by atoms with Gasteiger partial charge in [-0.25, -0.2) is 14.6 Å². The number of aliphatic imine (C=N–C) groups is 1. The van der Waals surface area contributed by atoms with E-state index in [9.17, 15) is 9.59 Å².